The number of allylic oxidation sites excluding steroid dienone is 1. The topological polar surface area (TPSA) is 66.7 Å². The number of pyridine rings is 1. The minimum atomic E-state index is -0.175. The number of ketones is 1. The second-order valence-corrected chi connectivity index (χ2v) is 6.57. The number of nitrogens with zero attached hydrogens (tertiary/aromatic N) is 1. The third-order valence-electron chi connectivity index (χ3n) is 4.54. The average molecular weight is 352 g/mol. The van der Waals surface area contributed by atoms with Crippen LogP contribution in [0.25, 0.3) is 6.08 Å². The first-order chi connectivity index (χ1) is 12.6. The predicted molar refractivity (Wildman–Crippen MR) is 98.0 cm³/mol. The van der Waals surface area contributed by atoms with Gasteiger partial charge in [-0.25, -0.2) is 0 Å². The summed E-state index contributed by atoms with van der Waals surface area (Å²) in [6.45, 7) is 6.84. The van der Waals surface area contributed by atoms with Crippen molar-refractivity contribution < 1.29 is 19.5 Å². The lowest BCUT2D eigenvalue weighted by molar-refractivity contribution is -0.914. The first kappa shape index (κ1) is 18.1. The van der Waals surface area contributed by atoms with Gasteiger partial charge in [0.05, 0.1) is 18.7 Å². The highest BCUT2D eigenvalue weighted by Gasteiger charge is 2.30. The fourth-order valence-corrected chi connectivity index (χ4v) is 3.33. The zero-order valence-corrected chi connectivity index (χ0v) is 15.2. The van der Waals surface area contributed by atoms with E-state index in [2.05, 4.69) is 18.8 Å². The maximum atomic E-state index is 12.7. The van der Waals surface area contributed by atoms with Gasteiger partial charge in [0.15, 0.2) is 5.76 Å². The van der Waals surface area contributed by atoms with Crippen LogP contribution in [0.15, 0.2) is 42.4 Å². The molecule has 2 aromatic rings. The monoisotopic (exact) mass is 352 g/mol. The number of carbonyl (C=O) groups excluding carboxylic acids is 1. The molecule has 0 unspecified atom stereocenters. The number of aromatic nitrogens is 1. The third kappa shape index (κ3) is 3.78. The van der Waals surface area contributed by atoms with Gasteiger partial charge in [0.1, 0.15) is 12.3 Å². The van der Waals surface area contributed by atoms with Gasteiger partial charge in [0.25, 0.3) is 0 Å². The molecule has 0 saturated carbocycles. The second kappa shape index (κ2) is 8.15. The largest absolute Gasteiger partial charge is 0.872 e. The number of Topliss-reactive ketones (excluding diaryl/α,β-unsaturated/α-hetero) is 1. The summed E-state index contributed by atoms with van der Waals surface area (Å²) >= 11 is 0. The van der Waals surface area contributed by atoms with E-state index in [9.17, 15) is 9.90 Å². The molecule has 0 fully saturated rings. The molecule has 1 aromatic heterocycles. The molecule has 0 spiro atoms. The van der Waals surface area contributed by atoms with Gasteiger partial charge in [-0.3, -0.25) is 9.78 Å². The van der Waals surface area contributed by atoms with Gasteiger partial charge >= 0.3 is 0 Å². The molecule has 3 rings (SSSR count). The number of fused-ring (bicyclic) bond motifs is 1. The molecule has 0 bridgehead atoms. The highest BCUT2D eigenvalue weighted by molar-refractivity contribution is 6.14. The van der Waals surface area contributed by atoms with Crippen molar-refractivity contribution in [2.75, 3.05) is 13.1 Å². The molecule has 0 atom stereocenters. The Labute approximate surface area is 153 Å². The lowest BCUT2D eigenvalue weighted by Gasteiger charge is -2.23. The zero-order valence-electron chi connectivity index (χ0n) is 15.2. The van der Waals surface area contributed by atoms with Crippen molar-refractivity contribution in [1.29, 1.82) is 0 Å². The summed E-state index contributed by atoms with van der Waals surface area (Å²) in [6, 6.07) is 6.68. The molecule has 5 heteroatoms. The maximum Gasteiger partial charge on any atom is 0.231 e. The Morgan fingerprint density at radius 1 is 1.12 bits per heavy atom. The minimum absolute atomic E-state index is 0.0635. The molecule has 26 heavy (non-hydrogen) atoms. The summed E-state index contributed by atoms with van der Waals surface area (Å²) < 4.78 is 5.87. The van der Waals surface area contributed by atoms with Crippen LogP contribution in [0.1, 0.15) is 48.2 Å². The van der Waals surface area contributed by atoms with E-state index in [1.54, 1.807) is 36.7 Å². The standard InChI is InChI=1S/C21H24N2O3/c1-3-11-23(12-4-2)14-17-18(24)6-5-16-20(25)19(26-21(16)17)13-15-7-9-22-10-8-15/h5-10,13,24H,3-4,11-12,14H2,1-2H3/b19-13-. The number of ether oxygens (including phenoxy) is 1. The zero-order chi connectivity index (χ0) is 18.5. The number of hydrogen-bond donors (Lipinski definition) is 1. The van der Waals surface area contributed by atoms with Gasteiger partial charge < -0.3 is 14.7 Å². The van der Waals surface area contributed by atoms with E-state index < -0.39 is 0 Å². The third-order valence-corrected chi connectivity index (χ3v) is 4.54. The van der Waals surface area contributed by atoms with Gasteiger partial charge in [0.2, 0.25) is 5.78 Å². The smallest absolute Gasteiger partial charge is 0.231 e. The number of carbonyl (C=O) groups is 1. The molecule has 136 valence electrons. The van der Waals surface area contributed by atoms with Crippen LogP contribution in [0.5, 0.6) is 11.5 Å². The van der Waals surface area contributed by atoms with E-state index >= 15 is 0 Å². The highest BCUT2D eigenvalue weighted by Crippen LogP contribution is 2.38. The van der Waals surface area contributed by atoms with E-state index in [4.69, 9.17) is 4.74 Å². The van der Waals surface area contributed by atoms with Crippen LogP contribution in [0.4, 0.5) is 0 Å². The van der Waals surface area contributed by atoms with Crippen LogP contribution in [0.3, 0.4) is 0 Å². The number of benzene rings is 1. The Morgan fingerprint density at radius 2 is 1.81 bits per heavy atom. The van der Waals surface area contributed by atoms with Crippen molar-refractivity contribution in [3.63, 3.8) is 0 Å². The van der Waals surface area contributed by atoms with E-state index in [1.807, 2.05) is 0 Å². The van der Waals surface area contributed by atoms with Crippen molar-refractivity contribution in [3.8, 4) is 11.5 Å². The van der Waals surface area contributed by atoms with Crippen molar-refractivity contribution in [2.24, 2.45) is 0 Å². The predicted octanol–water partition coefficient (Wildman–Crippen LogP) is 1.98. The molecule has 5 nitrogen and oxygen atoms in total. The summed E-state index contributed by atoms with van der Waals surface area (Å²) in [5.74, 6) is 0.454. The van der Waals surface area contributed by atoms with Gasteiger partial charge in [-0.1, -0.05) is 25.7 Å². The highest BCUT2D eigenvalue weighted by atomic mass is 16.5. The lowest BCUT2D eigenvalue weighted by atomic mass is 10.0. The number of nitrogens with one attached hydrogen (secondary N) is 1. The molecule has 0 radical (unpaired) electrons. The van der Waals surface area contributed by atoms with Crippen LogP contribution in [0.2, 0.25) is 0 Å². The molecular formula is C21H24N2O3. The summed E-state index contributed by atoms with van der Waals surface area (Å²) in [5, 5.41) is 12.5. The first-order valence-corrected chi connectivity index (χ1v) is 9.14. The van der Waals surface area contributed by atoms with Crippen molar-refractivity contribution in [1.82, 2.24) is 4.98 Å². The summed E-state index contributed by atoms with van der Waals surface area (Å²) in [7, 11) is 0. The van der Waals surface area contributed by atoms with Crippen LogP contribution in [-0.4, -0.2) is 23.9 Å². The summed E-state index contributed by atoms with van der Waals surface area (Å²) in [5.41, 5.74) is 1.92. The Bertz CT molecular complexity index is 810. The molecule has 1 aliphatic rings. The summed E-state index contributed by atoms with van der Waals surface area (Å²) in [4.78, 5) is 18.0. The molecule has 1 aliphatic heterocycles. The normalized spacial score (nSPS) is 14.7. The number of hydrogen-bond acceptors (Lipinski definition) is 4. The molecular weight excluding hydrogens is 328 g/mol. The Hall–Kier alpha value is -2.66. The van der Waals surface area contributed by atoms with Crippen molar-refractivity contribution in [2.45, 2.75) is 33.2 Å². The van der Waals surface area contributed by atoms with Crippen LogP contribution in [-0.2, 0) is 6.54 Å². The van der Waals surface area contributed by atoms with E-state index in [0.29, 0.717) is 23.4 Å². The van der Waals surface area contributed by atoms with Crippen LogP contribution in [0, 0.1) is 0 Å². The fourth-order valence-electron chi connectivity index (χ4n) is 3.33. The number of rotatable bonds is 7. The lowest BCUT2D eigenvalue weighted by Crippen LogP contribution is -3.10. The van der Waals surface area contributed by atoms with Gasteiger partial charge in [-0.2, -0.15) is 0 Å². The molecule has 1 N–H and O–H groups in total. The SMILES string of the molecule is CCC[NH+](CCC)Cc1c([O-])ccc2c1O/C(=C\c1ccncc1)C2=O. The van der Waals surface area contributed by atoms with E-state index in [-0.39, 0.29) is 17.3 Å². The quantitative estimate of drug-likeness (QED) is 0.774. The van der Waals surface area contributed by atoms with E-state index in [1.165, 1.54) is 11.0 Å². The van der Waals surface area contributed by atoms with Crippen LogP contribution < -0.4 is 14.7 Å². The summed E-state index contributed by atoms with van der Waals surface area (Å²) in [6.07, 6.45) is 7.12. The van der Waals surface area contributed by atoms with Crippen molar-refractivity contribution in [3.05, 3.63) is 59.1 Å². The molecule has 1 aromatic carbocycles. The number of quaternary nitrogens is 1. The molecule has 0 saturated heterocycles. The van der Waals surface area contributed by atoms with Gasteiger partial charge in [-0.05, 0) is 42.7 Å². The average Bonchev–Trinajstić information content (AvgIpc) is 2.95. The Morgan fingerprint density at radius 3 is 2.46 bits per heavy atom. The van der Waals surface area contributed by atoms with Crippen molar-refractivity contribution >= 4 is 11.9 Å². The fraction of sp³-hybridized carbons (Fsp3) is 0.333. The molecule has 0 amide bonds. The van der Waals surface area contributed by atoms with E-state index in [0.717, 1.165) is 31.5 Å². The Balaban J connectivity index is 1.93. The second-order valence-electron chi connectivity index (χ2n) is 6.57. The molecule has 0 aliphatic carbocycles. The molecule has 2 heterocycles. The van der Waals surface area contributed by atoms with Gasteiger partial charge in [-0.15, -0.1) is 0 Å². The van der Waals surface area contributed by atoms with Crippen LogP contribution >= 0.6 is 0 Å². The Kier molecular flexibility index (Phi) is 5.68. The first-order valence-electron chi connectivity index (χ1n) is 9.14. The minimum Gasteiger partial charge on any atom is -0.872 e. The maximum absolute atomic E-state index is 12.7. The van der Waals surface area contributed by atoms with Gasteiger partial charge in [0, 0.05) is 18.0 Å².